The molecule has 0 saturated carbocycles. The summed E-state index contributed by atoms with van der Waals surface area (Å²) in [4.78, 5) is 0. The molecule has 0 aromatic carbocycles. The third kappa shape index (κ3) is 8.13. The van der Waals surface area contributed by atoms with Gasteiger partial charge >= 0.3 is 0 Å². The Labute approximate surface area is 65.6 Å². The van der Waals surface area contributed by atoms with E-state index in [-0.39, 0.29) is 0 Å². The molecule has 2 heteroatoms. The topological polar surface area (TPSA) is 9.23 Å². The largest absolute Gasteiger partial charge is 0.381 e. The Morgan fingerprint density at radius 1 is 1.40 bits per heavy atom. The predicted octanol–water partition coefficient (Wildman–Crippen LogP) is 2.28. The lowest BCUT2D eigenvalue weighted by molar-refractivity contribution is 0.234. The minimum Gasteiger partial charge on any atom is -0.381 e. The first-order valence-corrected chi connectivity index (χ1v) is 4.93. The third-order valence-electron chi connectivity index (χ3n) is 1.07. The van der Waals surface area contributed by atoms with E-state index in [1.807, 2.05) is 0 Å². The highest BCUT2D eigenvalue weighted by Gasteiger charge is 1.87. The van der Waals surface area contributed by atoms with Crippen LogP contribution in [0.25, 0.3) is 0 Å². The van der Waals surface area contributed by atoms with Crippen molar-refractivity contribution in [3.8, 4) is 0 Å². The summed E-state index contributed by atoms with van der Waals surface area (Å²) in [5.74, 6) is 0. The average molecular weight is 160 g/mol. The van der Waals surface area contributed by atoms with Crippen molar-refractivity contribution >= 4 is 8.58 Å². The molecular weight excluding hydrogens is 143 g/mol. The van der Waals surface area contributed by atoms with Crippen molar-refractivity contribution in [2.75, 3.05) is 19.9 Å². The Morgan fingerprint density at radius 3 is 2.60 bits per heavy atom. The molecule has 0 heterocycles. The molecule has 0 radical (unpaired) electrons. The summed E-state index contributed by atoms with van der Waals surface area (Å²) in [6.07, 6.45) is 5.48. The highest BCUT2D eigenvalue weighted by atomic mass is 31.1. The van der Waals surface area contributed by atoms with Crippen LogP contribution in [0.5, 0.6) is 0 Å². The van der Waals surface area contributed by atoms with E-state index in [0.717, 1.165) is 20.8 Å². The molecule has 0 aliphatic heterocycles. The van der Waals surface area contributed by atoms with Crippen molar-refractivity contribution in [3.05, 3.63) is 12.2 Å². The van der Waals surface area contributed by atoms with E-state index in [0.29, 0.717) is 0 Å². The molecular formula is C8H17OP. The summed E-state index contributed by atoms with van der Waals surface area (Å²) in [5, 5.41) is 0. The molecule has 10 heavy (non-hydrogen) atoms. The van der Waals surface area contributed by atoms with E-state index in [1.165, 1.54) is 6.16 Å². The minimum absolute atomic E-state index is 0.753. The molecule has 0 aliphatic carbocycles. The van der Waals surface area contributed by atoms with Crippen molar-refractivity contribution in [1.29, 1.82) is 0 Å². The average Bonchev–Trinajstić information content (AvgIpc) is 1.87. The quantitative estimate of drug-likeness (QED) is 0.443. The fourth-order valence-corrected chi connectivity index (χ4v) is 1.33. The molecule has 0 rings (SSSR count). The molecule has 1 nitrogen and oxygen atoms in total. The van der Waals surface area contributed by atoms with Crippen molar-refractivity contribution in [2.24, 2.45) is 0 Å². The van der Waals surface area contributed by atoms with Gasteiger partial charge in [0.25, 0.3) is 0 Å². The van der Waals surface area contributed by atoms with Gasteiger partial charge in [0.2, 0.25) is 0 Å². The van der Waals surface area contributed by atoms with E-state index in [9.17, 15) is 0 Å². The Kier molecular flexibility index (Phi) is 7.33. The minimum atomic E-state index is 0.753. The Morgan fingerprint density at radius 2 is 2.10 bits per heavy atom. The molecule has 0 aromatic heterocycles. The molecule has 0 fully saturated rings. The number of rotatable bonds is 5. The molecule has 0 aromatic rings. The molecule has 0 N–H and O–H groups in total. The molecule has 0 aliphatic rings. The van der Waals surface area contributed by atoms with Crippen LogP contribution in [0.2, 0.25) is 0 Å². The summed E-state index contributed by atoms with van der Waals surface area (Å²) >= 11 is 0. The van der Waals surface area contributed by atoms with Crippen LogP contribution in [0.1, 0.15) is 13.8 Å². The van der Waals surface area contributed by atoms with Gasteiger partial charge < -0.3 is 4.74 Å². The van der Waals surface area contributed by atoms with E-state index in [4.69, 9.17) is 4.74 Å². The first kappa shape index (κ1) is 10.1. The first-order chi connectivity index (χ1) is 4.77. The van der Waals surface area contributed by atoms with Gasteiger partial charge in [-0.1, -0.05) is 26.0 Å². The predicted molar refractivity (Wildman–Crippen MR) is 49.3 cm³/mol. The lowest BCUT2D eigenvalue weighted by Gasteiger charge is -1.99. The van der Waals surface area contributed by atoms with Gasteiger partial charge in [-0.05, 0) is 11.8 Å². The zero-order valence-electron chi connectivity index (χ0n) is 7.05. The second-order valence-electron chi connectivity index (χ2n) is 2.49. The van der Waals surface area contributed by atoms with Crippen molar-refractivity contribution in [1.82, 2.24) is 0 Å². The maximum absolute atomic E-state index is 4.87. The normalized spacial score (nSPS) is 12.8. The zero-order chi connectivity index (χ0) is 7.82. The standard InChI is InChI=1S/C8H17OP/c1-8(2)10-7-5-4-6-9-3/h4-5,8,10H,6-7H2,1-3H3. The Bertz CT molecular complexity index is 89.3. The lowest BCUT2D eigenvalue weighted by Crippen LogP contribution is -1.84. The summed E-state index contributed by atoms with van der Waals surface area (Å²) in [6, 6.07) is 0. The second kappa shape index (κ2) is 7.24. The zero-order valence-corrected chi connectivity index (χ0v) is 8.05. The second-order valence-corrected chi connectivity index (χ2v) is 4.46. The fraction of sp³-hybridized carbons (Fsp3) is 0.750. The van der Waals surface area contributed by atoms with Gasteiger partial charge in [0.05, 0.1) is 6.61 Å². The highest BCUT2D eigenvalue weighted by molar-refractivity contribution is 7.39. The molecule has 0 saturated heterocycles. The third-order valence-corrected chi connectivity index (χ3v) is 2.36. The van der Waals surface area contributed by atoms with Crippen LogP contribution in [-0.2, 0) is 4.74 Å². The molecule has 1 atom stereocenters. The van der Waals surface area contributed by atoms with Crippen molar-refractivity contribution < 1.29 is 4.74 Å². The highest BCUT2D eigenvalue weighted by Crippen LogP contribution is 2.16. The number of hydrogen-bond donors (Lipinski definition) is 0. The van der Waals surface area contributed by atoms with Gasteiger partial charge in [-0.3, -0.25) is 0 Å². The van der Waals surface area contributed by atoms with E-state index in [1.54, 1.807) is 7.11 Å². The summed E-state index contributed by atoms with van der Waals surface area (Å²) in [5.41, 5.74) is 0.840. The SMILES string of the molecule is COCC=CCPC(C)C. The van der Waals surface area contributed by atoms with Gasteiger partial charge in [-0.15, -0.1) is 8.58 Å². The van der Waals surface area contributed by atoms with Gasteiger partial charge in [0.1, 0.15) is 0 Å². The van der Waals surface area contributed by atoms with Crippen LogP contribution < -0.4 is 0 Å². The van der Waals surface area contributed by atoms with Crippen LogP contribution in [0.3, 0.4) is 0 Å². The molecule has 60 valence electrons. The molecule has 1 unspecified atom stereocenters. The van der Waals surface area contributed by atoms with Crippen LogP contribution >= 0.6 is 8.58 Å². The number of hydrogen-bond acceptors (Lipinski definition) is 1. The molecule has 0 bridgehead atoms. The smallest absolute Gasteiger partial charge is 0.0643 e. The van der Waals surface area contributed by atoms with E-state index >= 15 is 0 Å². The van der Waals surface area contributed by atoms with Crippen LogP contribution in [0.15, 0.2) is 12.2 Å². The Balaban J connectivity index is 3.02. The van der Waals surface area contributed by atoms with Crippen LogP contribution in [-0.4, -0.2) is 25.5 Å². The van der Waals surface area contributed by atoms with Gasteiger partial charge in [-0.25, -0.2) is 0 Å². The first-order valence-electron chi connectivity index (χ1n) is 3.64. The van der Waals surface area contributed by atoms with E-state index < -0.39 is 0 Å². The Hall–Kier alpha value is 0.130. The van der Waals surface area contributed by atoms with Crippen LogP contribution in [0, 0.1) is 0 Å². The van der Waals surface area contributed by atoms with Crippen molar-refractivity contribution in [3.63, 3.8) is 0 Å². The van der Waals surface area contributed by atoms with Gasteiger partial charge in [0, 0.05) is 7.11 Å². The maximum atomic E-state index is 4.87. The van der Waals surface area contributed by atoms with Crippen LogP contribution in [0.4, 0.5) is 0 Å². The molecule has 0 spiro atoms. The summed E-state index contributed by atoms with van der Waals surface area (Å²) in [6.45, 7) is 5.26. The monoisotopic (exact) mass is 160 g/mol. The number of ether oxygens (including phenoxy) is 1. The summed E-state index contributed by atoms with van der Waals surface area (Å²) in [7, 11) is 2.77. The molecule has 0 amide bonds. The van der Waals surface area contributed by atoms with Gasteiger partial charge in [-0.2, -0.15) is 0 Å². The number of methoxy groups -OCH3 is 1. The van der Waals surface area contributed by atoms with Gasteiger partial charge in [0.15, 0.2) is 0 Å². The maximum Gasteiger partial charge on any atom is 0.0643 e. The summed E-state index contributed by atoms with van der Waals surface area (Å²) < 4.78 is 4.87. The lowest BCUT2D eigenvalue weighted by atomic mass is 10.5. The fourth-order valence-electron chi connectivity index (χ4n) is 0.551. The van der Waals surface area contributed by atoms with Crippen molar-refractivity contribution in [2.45, 2.75) is 19.5 Å². The number of allylic oxidation sites excluding steroid dienone is 1. The van der Waals surface area contributed by atoms with E-state index in [2.05, 4.69) is 26.0 Å².